The molecule has 0 aromatic rings. The fourth-order valence-electron chi connectivity index (χ4n) is 0.134. The number of nitrogens with one attached hydrogen (secondary N) is 1. The van der Waals surface area contributed by atoms with E-state index in [1.807, 2.05) is 0 Å². The molecule has 0 unspecified atom stereocenters. The number of rotatable bonds is 2. The fourth-order valence-corrected chi connectivity index (χ4v) is 0.229. The molecule has 0 aromatic heterocycles. The number of hydrogen-bond acceptors (Lipinski definition) is 0. The predicted molar refractivity (Wildman–Crippen MR) is 27.3 cm³/mol. The molecule has 0 saturated carbocycles. The summed E-state index contributed by atoms with van der Waals surface area (Å²) in [5, 5.41) is 0. The van der Waals surface area contributed by atoms with Crippen molar-refractivity contribution in [2.45, 2.75) is 0 Å². The standard InChI is InChI=1S/C5H5N.Ni/c1-2-3-4-5-6;/h1-4,6H;/q-2;/b4-3-;. The Morgan fingerprint density at radius 2 is 2.29 bits per heavy atom. The van der Waals surface area contributed by atoms with Gasteiger partial charge in [-0.1, -0.05) is 0 Å². The molecule has 0 atom stereocenters. The van der Waals surface area contributed by atoms with Crippen LogP contribution in [0, 0.1) is 6.58 Å². The summed E-state index contributed by atoms with van der Waals surface area (Å²) in [5.41, 5.74) is 6.67. The summed E-state index contributed by atoms with van der Waals surface area (Å²) in [4.78, 5) is 0. The van der Waals surface area contributed by atoms with Crippen molar-refractivity contribution in [2.24, 2.45) is 0 Å². The van der Waals surface area contributed by atoms with Crippen molar-refractivity contribution in [3.63, 3.8) is 0 Å². The Morgan fingerprint density at radius 3 is 2.43 bits per heavy atom. The summed E-state index contributed by atoms with van der Waals surface area (Å²) in [6.07, 6.45) is 4.33. The van der Waals surface area contributed by atoms with Gasteiger partial charge in [-0.2, -0.15) is 0 Å². The first-order valence-electron chi connectivity index (χ1n) is 1.70. The number of hydrogen-bond donors (Lipinski definition) is 0. The third kappa shape index (κ3) is 5.80. The minimum absolute atomic E-state index is 0.140. The molecule has 0 aliphatic rings. The van der Waals surface area contributed by atoms with Gasteiger partial charge in [0.2, 0.25) is 0 Å². The van der Waals surface area contributed by atoms with Gasteiger partial charge in [-0.3, -0.25) is 0 Å². The molecule has 0 spiro atoms. The Hall–Kier alpha value is -0.196. The third-order valence-electron chi connectivity index (χ3n) is 0.343. The average molecular weight is 138 g/mol. The van der Waals surface area contributed by atoms with Gasteiger partial charge in [-0.05, 0) is 0 Å². The van der Waals surface area contributed by atoms with Gasteiger partial charge in [-0.15, -0.1) is 0 Å². The zero-order valence-electron chi connectivity index (χ0n) is 3.63. The van der Waals surface area contributed by atoms with Gasteiger partial charge in [0.15, 0.2) is 0 Å². The van der Waals surface area contributed by atoms with E-state index in [1.54, 1.807) is 0 Å². The number of allylic oxidation sites excluding steroid dienone is 2. The van der Waals surface area contributed by atoms with Crippen molar-refractivity contribution in [3.8, 4) is 0 Å². The Bertz CT molecular complexity index is 105. The first-order valence-corrected chi connectivity index (χ1v) is 2.19. The van der Waals surface area contributed by atoms with Crippen molar-refractivity contribution >= 4 is 4.61 Å². The van der Waals surface area contributed by atoms with Crippen LogP contribution in [0.1, 0.15) is 0 Å². The third-order valence-corrected chi connectivity index (χ3v) is 0.508. The van der Waals surface area contributed by atoms with Crippen molar-refractivity contribution in [1.29, 1.82) is 0 Å². The molecule has 0 radical (unpaired) electrons. The monoisotopic (exact) mass is 137 g/mol. The molecule has 0 heterocycles. The molecule has 0 aromatic carbocycles. The van der Waals surface area contributed by atoms with Crippen LogP contribution in [0.5, 0.6) is 0 Å². The van der Waals surface area contributed by atoms with Gasteiger partial charge in [0.1, 0.15) is 0 Å². The molecule has 7 heavy (non-hydrogen) atoms. The Labute approximate surface area is 50.8 Å². The molecular weight excluding hydrogens is 133 g/mol. The van der Waals surface area contributed by atoms with E-state index in [2.05, 4.69) is 15.0 Å². The first kappa shape index (κ1) is 6.80. The maximum atomic E-state index is 6.67. The predicted octanol–water partition coefficient (Wildman–Crippen LogP) is 1.26. The molecule has 0 rings (SSSR count). The van der Waals surface area contributed by atoms with E-state index in [9.17, 15) is 0 Å². The topological polar surface area (TPSA) is 23.8 Å². The second-order valence-corrected chi connectivity index (χ2v) is 1.40. The molecule has 42 valence electrons. The molecule has 0 amide bonds. The molecular formula is C5H5NNi-2. The molecule has 2 heteroatoms. The van der Waals surface area contributed by atoms with Crippen LogP contribution in [0.25, 0.3) is 5.73 Å². The van der Waals surface area contributed by atoms with E-state index in [0.717, 1.165) is 0 Å². The SMILES string of the molecule is [CH-]=C/C=C\[C]([NH-])=[Ni]. The van der Waals surface area contributed by atoms with Crippen molar-refractivity contribution in [2.75, 3.05) is 0 Å². The Balaban J connectivity index is 3.46. The van der Waals surface area contributed by atoms with Crippen LogP contribution in [0.15, 0.2) is 18.2 Å². The summed E-state index contributed by atoms with van der Waals surface area (Å²) in [6, 6.07) is 0. The van der Waals surface area contributed by atoms with Gasteiger partial charge in [-0.25, -0.2) is 0 Å². The second-order valence-electron chi connectivity index (χ2n) is 0.866. The summed E-state index contributed by atoms with van der Waals surface area (Å²) in [6.45, 7) is 4.93. The average Bonchev–Trinajstić information content (AvgIpc) is 1.61. The van der Waals surface area contributed by atoms with Crippen LogP contribution in [0.4, 0.5) is 0 Å². The molecule has 0 aliphatic carbocycles. The van der Waals surface area contributed by atoms with E-state index >= 15 is 0 Å². The van der Waals surface area contributed by atoms with Crippen LogP contribution >= 0.6 is 0 Å². The van der Waals surface area contributed by atoms with E-state index in [-0.39, 0.29) is 4.61 Å². The summed E-state index contributed by atoms with van der Waals surface area (Å²) < 4.78 is 0.140. The Morgan fingerprint density at radius 1 is 1.71 bits per heavy atom. The second kappa shape index (κ2) is 3.98. The van der Waals surface area contributed by atoms with Gasteiger partial charge in [0.05, 0.1) is 0 Å². The summed E-state index contributed by atoms with van der Waals surface area (Å²) in [7, 11) is 0. The molecule has 0 fully saturated rings. The van der Waals surface area contributed by atoms with Crippen molar-refractivity contribution < 1.29 is 15.0 Å². The molecule has 0 aliphatic heterocycles. The maximum absolute atomic E-state index is 6.67. The minimum atomic E-state index is 0.140. The zero-order chi connectivity index (χ0) is 5.70. The normalized spacial score (nSPS) is 9.57. The van der Waals surface area contributed by atoms with E-state index in [4.69, 9.17) is 12.3 Å². The van der Waals surface area contributed by atoms with Gasteiger partial charge in [0, 0.05) is 0 Å². The van der Waals surface area contributed by atoms with Gasteiger partial charge in [0.25, 0.3) is 0 Å². The van der Waals surface area contributed by atoms with Crippen LogP contribution < -0.4 is 0 Å². The van der Waals surface area contributed by atoms with E-state index in [0.29, 0.717) is 0 Å². The fraction of sp³-hybridized carbons (Fsp3) is 0. The van der Waals surface area contributed by atoms with Crippen LogP contribution in [0.2, 0.25) is 0 Å². The van der Waals surface area contributed by atoms with E-state index in [1.165, 1.54) is 18.2 Å². The van der Waals surface area contributed by atoms with Gasteiger partial charge < -0.3 is 0 Å². The first-order chi connectivity index (χ1) is 3.27. The zero-order valence-corrected chi connectivity index (χ0v) is 4.61. The van der Waals surface area contributed by atoms with Crippen molar-refractivity contribution in [3.05, 3.63) is 30.5 Å². The molecule has 1 nitrogen and oxygen atoms in total. The molecule has 1 N–H and O–H groups in total. The van der Waals surface area contributed by atoms with Crippen molar-refractivity contribution in [1.82, 2.24) is 0 Å². The van der Waals surface area contributed by atoms with E-state index < -0.39 is 0 Å². The van der Waals surface area contributed by atoms with Gasteiger partial charge >= 0.3 is 50.2 Å². The van der Waals surface area contributed by atoms with Crippen LogP contribution in [-0.2, 0) is 15.0 Å². The molecule has 0 bridgehead atoms. The summed E-state index contributed by atoms with van der Waals surface area (Å²) in [5.74, 6) is 0. The Kier molecular flexibility index (Phi) is 3.86. The quantitative estimate of drug-likeness (QED) is 0.311. The van der Waals surface area contributed by atoms with Crippen LogP contribution in [0.3, 0.4) is 0 Å². The molecule has 0 saturated heterocycles. The summed E-state index contributed by atoms with van der Waals surface area (Å²) >= 11 is 4.10. The van der Waals surface area contributed by atoms with Crippen LogP contribution in [-0.4, -0.2) is 4.61 Å².